The second-order valence-electron chi connectivity index (χ2n) is 8.65. The molecular weight excluding hydrogens is 514 g/mol. The first-order chi connectivity index (χ1) is 17.9. The lowest BCUT2D eigenvalue weighted by atomic mass is 10.0. The Morgan fingerprint density at radius 1 is 0.946 bits per heavy atom. The van der Waals surface area contributed by atoms with E-state index >= 15 is 0 Å². The van der Waals surface area contributed by atoms with E-state index in [1.807, 2.05) is 18.2 Å². The van der Waals surface area contributed by atoms with Crippen LogP contribution in [0.3, 0.4) is 0 Å². The number of aromatic nitrogens is 3. The SMILES string of the molecule is O=C(NCc1cc2c(Cl)c[nH]c2cc1F)c1ccnc(Cc2ccc(Cc3ccc[nH]c3=O)c(Cl)c2)c1. The van der Waals surface area contributed by atoms with Crippen molar-refractivity contribution in [3.63, 3.8) is 0 Å². The summed E-state index contributed by atoms with van der Waals surface area (Å²) in [6, 6.07) is 15.5. The van der Waals surface area contributed by atoms with Gasteiger partial charge in [-0.1, -0.05) is 41.4 Å². The summed E-state index contributed by atoms with van der Waals surface area (Å²) in [5.41, 5.74) is 4.28. The molecule has 6 nitrogen and oxygen atoms in total. The van der Waals surface area contributed by atoms with Gasteiger partial charge in [0.1, 0.15) is 5.82 Å². The molecule has 3 heterocycles. The fraction of sp³-hybridized carbons (Fsp3) is 0.107. The number of halogens is 3. The van der Waals surface area contributed by atoms with Gasteiger partial charge in [0.25, 0.3) is 11.5 Å². The number of H-pyrrole nitrogens is 2. The summed E-state index contributed by atoms with van der Waals surface area (Å²) in [6.07, 6.45) is 5.64. The first kappa shape index (κ1) is 24.7. The van der Waals surface area contributed by atoms with Crippen molar-refractivity contribution in [3.05, 3.63) is 133 Å². The molecule has 3 N–H and O–H groups in total. The first-order valence-electron chi connectivity index (χ1n) is 11.5. The van der Waals surface area contributed by atoms with Gasteiger partial charge in [0.05, 0.1) is 5.02 Å². The third kappa shape index (κ3) is 5.58. The summed E-state index contributed by atoms with van der Waals surface area (Å²) in [7, 11) is 0. The van der Waals surface area contributed by atoms with Gasteiger partial charge in [-0.3, -0.25) is 14.6 Å². The Morgan fingerprint density at radius 2 is 1.81 bits per heavy atom. The molecule has 0 radical (unpaired) electrons. The van der Waals surface area contributed by atoms with Crippen LogP contribution in [0.1, 0.15) is 38.3 Å². The molecule has 186 valence electrons. The molecule has 0 aliphatic rings. The molecule has 0 fully saturated rings. The van der Waals surface area contributed by atoms with Gasteiger partial charge in [0.2, 0.25) is 0 Å². The zero-order chi connectivity index (χ0) is 25.9. The third-order valence-corrected chi connectivity index (χ3v) is 6.76. The smallest absolute Gasteiger partial charge is 0.251 e. The minimum absolute atomic E-state index is 0.0150. The van der Waals surface area contributed by atoms with Crippen molar-refractivity contribution in [2.45, 2.75) is 19.4 Å². The van der Waals surface area contributed by atoms with Crippen molar-refractivity contribution >= 4 is 40.0 Å². The fourth-order valence-electron chi connectivity index (χ4n) is 4.14. The molecule has 0 bridgehead atoms. The number of nitrogens with zero attached hydrogens (tertiary/aromatic N) is 1. The number of hydrogen-bond donors (Lipinski definition) is 3. The van der Waals surface area contributed by atoms with Crippen molar-refractivity contribution in [1.29, 1.82) is 0 Å². The number of pyridine rings is 2. The van der Waals surface area contributed by atoms with E-state index in [-0.39, 0.29) is 18.0 Å². The molecule has 2 aromatic carbocycles. The molecule has 37 heavy (non-hydrogen) atoms. The number of fused-ring (bicyclic) bond motifs is 1. The van der Waals surface area contributed by atoms with Crippen LogP contribution in [0.25, 0.3) is 10.9 Å². The number of amides is 1. The molecular formula is C28H21Cl2FN4O2. The minimum atomic E-state index is -0.432. The lowest BCUT2D eigenvalue weighted by Gasteiger charge is -2.09. The zero-order valence-corrected chi connectivity index (χ0v) is 21.0. The molecule has 1 amide bonds. The van der Waals surface area contributed by atoms with Gasteiger partial charge in [-0.15, -0.1) is 0 Å². The Morgan fingerprint density at radius 3 is 2.62 bits per heavy atom. The summed E-state index contributed by atoms with van der Waals surface area (Å²) < 4.78 is 14.4. The standard InChI is InChI=1S/C28H21Cl2FN4O2/c29-23-9-16(3-4-17(23)10-18-2-1-6-33-27(18)36)8-21-11-19(5-7-32-21)28(37)35-14-20-12-22-24(30)15-34-26(22)13-25(20)31/h1-7,9,11-13,15,34H,8,10,14H2,(H,33,36)(H,35,37). The average Bonchev–Trinajstić information content (AvgIpc) is 3.24. The highest BCUT2D eigenvalue weighted by atomic mass is 35.5. The van der Waals surface area contributed by atoms with Crippen LogP contribution in [0.5, 0.6) is 0 Å². The van der Waals surface area contributed by atoms with Gasteiger partial charge in [-0.2, -0.15) is 0 Å². The first-order valence-corrected chi connectivity index (χ1v) is 12.2. The topological polar surface area (TPSA) is 90.6 Å². The molecule has 0 saturated heterocycles. The number of carbonyl (C=O) groups excluding carboxylic acids is 1. The van der Waals surface area contributed by atoms with E-state index in [2.05, 4.69) is 20.3 Å². The molecule has 9 heteroatoms. The summed E-state index contributed by atoms with van der Waals surface area (Å²) in [6.45, 7) is 0.0150. The van der Waals surface area contributed by atoms with Crippen LogP contribution in [0.15, 0.2) is 78.0 Å². The molecule has 0 aliphatic heterocycles. The Labute approximate surface area is 221 Å². The highest BCUT2D eigenvalue weighted by Crippen LogP contribution is 2.26. The van der Waals surface area contributed by atoms with Gasteiger partial charge < -0.3 is 15.3 Å². The maximum Gasteiger partial charge on any atom is 0.251 e. The molecule has 0 aliphatic carbocycles. The zero-order valence-electron chi connectivity index (χ0n) is 19.4. The molecule has 0 saturated carbocycles. The lowest BCUT2D eigenvalue weighted by Crippen LogP contribution is -2.23. The molecule has 0 unspecified atom stereocenters. The van der Waals surface area contributed by atoms with Crippen LogP contribution in [0, 0.1) is 5.82 Å². The molecule has 0 spiro atoms. The number of carbonyl (C=O) groups is 1. The van der Waals surface area contributed by atoms with E-state index in [4.69, 9.17) is 23.2 Å². The van der Waals surface area contributed by atoms with E-state index in [1.165, 1.54) is 6.07 Å². The quantitative estimate of drug-likeness (QED) is 0.246. The summed E-state index contributed by atoms with van der Waals surface area (Å²) in [5.74, 6) is -0.774. The summed E-state index contributed by atoms with van der Waals surface area (Å²) in [5, 5.41) is 4.49. The number of nitrogens with one attached hydrogen (secondary N) is 3. The minimum Gasteiger partial charge on any atom is -0.360 e. The van der Waals surface area contributed by atoms with Crippen molar-refractivity contribution in [3.8, 4) is 0 Å². The van der Waals surface area contributed by atoms with Crippen LogP contribution in [0.2, 0.25) is 10.0 Å². The highest BCUT2D eigenvalue weighted by molar-refractivity contribution is 6.35. The Kier molecular flexibility index (Phi) is 7.08. The van der Waals surface area contributed by atoms with Crippen LogP contribution in [-0.4, -0.2) is 20.9 Å². The second-order valence-corrected chi connectivity index (χ2v) is 9.46. The summed E-state index contributed by atoms with van der Waals surface area (Å²) >= 11 is 12.6. The van der Waals surface area contributed by atoms with Gasteiger partial charge in [-0.05, 0) is 47.5 Å². The molecule has 0 atom stereocenters. The Bertz CT molecular complexity index is 1680. The third-order valence-electron chi connectivity index (χ3n) is 6.10. The van der Waals surface area contributed by atoms with Crippen LogP contribution < -0.4 is 10.9 Å². The lowest BCUT2D eigenvalue weighted by molar-refractivity contribution is 0.0950. The second kappa shape index (κ2) is 10.6. The van der Waals surface area contributed by atoms with Gasteiger partial charge in [0, 0.05) is 76.3 Å². The predicted octanol–water partition coefficient (Wildman–Crippen LogP) is 5.81. The predicted molar refractivity (Wildman–Crippen MR) is 143 cm³/mol. The number of benzene rings is 2. The van der Waals surface area contributed by atoms with E-state index in [0.717, 1.165) is 11.1 Å². The fourth-order valence-corrected chi connectivity index (χ4v) is 4.62. The molecule has 5 rings (SSSR count). The van der Waals surface area contributed by atoms with Gasteiger partial charge >= 0.3 is 0 Å². The molecule has 5 aromatic rings. The van der Waals surface area contributed by atoms with Crippen molar-refractivity contribution in [2.24, 2.45) is 0 Å². The Balaban J connectivity index is 1.26. The Hall–Kier alpha value is -3.94. The van der Waals surface area contributed by atoms with Gasteiger partial charge in [0.15, 0.2) is 0 Å². The number of hydrogen-bond acceptors (Lipinski definition) is 3. The van der Waals surface area contributed by atoms with E-state index < -0.39 is 5.82 Å². The summed E-state index contributed by atoms with van der Waals surface area (Å²) in [4.78, 5) is 34.7. The average molecular weight is 535 g/mol. The maximum absolute atomic E-state index is 14.4. The van der Waals surface area contributed by atoms with Crippen LogP contribution in [-0.2, 0) is 19.4 Å². The van der Waals surface area contributed by atoms with Crippen molar-refractivity contribution in [2.75, 3.05) is 0 Å². The molecule has 3 aromatic heterocycles. The highest BCUT2D eigenvalue weighted by Gasteiger charge is 2.13. The van der Waals surface area contributed by atoms with Crippen LogP contribution in [0.4, 0.5) is 4.39 Å². The largest absolute Gasteiger partial charge is 0.360 e. The maximum atomic E-state index is 14.4. The van der Waals surface area contributed by atoms with E-state index in [9.17, 15) is 14.0 Å². The number of aromatic amines is 2. The van der Waals surface area contributed by atoms with E-state index in [0.29, 0.717) is 56.2 Å². The number of rotatable bonds is 7. The van der Waals surface area contributed by atoms with Crippen LogP contribution >= 0.6 is 23.2 Å². The normalized spacial score (nSPS) is 11.1. The monoisotopic (exact) mass is 534 g/mol. The van der Waals surface area contributed by atoms with Gasteiger partial charge in [-0.25, -0.2) is 4.39 Å². The van der Waals surface area contributed by atoms with E-state index in [1.54, 1.807) is 48.9 Å². The van der Waals surface area contributed by atoms with Crippen molar-refractivity contribution in [1.82, 2.24) is 20.3 Å². The van der Waals surface area contributed by atoms with Crippen molar-refractivity contribution < 1.29 is 9.18 Å².